The highest BCUT2D eigenvalue weighted by Crippen LogP contribution is 2.35. The van der Waals surface area contributed by atoms with Crippen molar-refractivity contribution in [3.8, 4) is 0 Å². The van der Waals surface area contributed by atoms with Crippen LogP contribution in [0.3, 0.4) is 0 Å². The van der Waals surface area contributed by atoms with Crippen molar-refractivity contribution in [3.63, 3.8) is 0 Å². The molecular formula is C14H16BrCl2N3. The molecule has 2 aromatic rings. The molecule has 1 atom stereocenters. The van der Waals surface area contributed by atoms with Gasteiger partial charge in [-0.25, -0.2) is 0 Å². The standard InChI is InChI=1S/C14H16BrCl2N3/c1-3-18-13(9-6-5-7-11(16)12(9)17)14-10(15)8-19-20(14)4-2/h5-8,13,18H,3-4H2,1-2H3. The molecule has 108 valence electrons. The first-order chi connectivity index (χ1) is 9.60. The lowest BCUT2D eigenvalue weighted by Crippen LogP contribution is -2.25. The van der Waals surface area contributed by atoms with Gasteiger partial charge in [0.25, 0.3) is 0 Å². The Morgan fingerprint density at radius 2 is 2.10 bits per heavy atom. The van der Waals surface area contributed by atoms with Gasteiger partial charge in [-0.2, -0.15) is 5.10 Å². The van der Waals surface area contributed by atoms with Gasteiger partial charge < -0.3 is 5.32 Å². The largest absolute Gasteiger partial charge is 0.305 e. The molecule has 2 rings (SSSR count). The van der Waals surface area contributed by atoms with Gasteiger partial charge in [0.05, 0.1) is 32.5 Å². The summed E-state index contributed by atoms with van der Waals surface area (Å²) in [5, 5.41) is 8.96. The third kappa shape index (κ3) is 3.03. The molecule has 0 saturated carbocycles. The van der Waals surface area contributed by atoms with E-state index in [1.165, 1.54) is 0 Å². The Labute approximate surface area is 137 Å². The summed E-state index contributed by atoms with van der Waals surface area (Å²) in [5.41, 5.74) is 2.01. The van der Waals surface area contributed by atoms with E-state index in [0.717, 1.165) is 28.8 Å². The van der Waals surface area contributed by atoms with Crippen LogP contribution in [0, 0.1) is 0 Å². The second kappa shape index (κ2) is 6.94. The molecule has 0 saturated heterocycles. The zero-order chi connectivity index (χ0) is 14.7. The summed E-state index contributed by atoms with van der Waals surface area (Å²) in [5.74, 6) is 0. The average Bonchev–Trinajstić information content (AvgIpc) is 2.81. The van der Waals surface area contributed by atoms with E-state index in [1.54, 1.807) is 6.07 Å². The van der Waals surface area contributed by atoms with Crippen molar-refractivity contribution in [2.45, 2.75) is 26.4 Å². The number of hydrogen-bond donors (Lipinski definition) is 1. The molecule has 3 nitrogen and oxygen atoms in total. The minimum Gasteiger partial charge on any atom is -0.305 e. The number of nitrogens with one attached hydrogen (secondary N) is 1. The van der Waals surface area contributed by atoms with E-state index in [-0.39, 0.29) is 6.04 Å². The van der Waals surface area contributed by atoms with Crippen molar-refractivity contribution in [1.82, 2.24) is 15.1 Å². The lowest BCUT2D eigenvalue weighted by molar-refractivity contribution is 0.541. The Bertz CT molecular complexity index is 598. The monoisotopic (exact) mass is 375 g/mol. The van der Waals surface area contributed by atoms with Gasteiger partial charge in [0.15, 0.2) is 0 Å². The van der Waals surface area contributed by atoms with Crippen molar-refractivity contribution in [2.24, 2.45) is 0 Å². The van der Waals surface area contributed by atoms with Gasteiger partial charge in [-0.3, -0.25) is 4.68 Å². The average molecular weight is 377 g/mol. The summed E-state index contributed by atoms with van der Waals surface area (Å²) in [7, 11) is 0. The number of halogens is 3. The predicted octanol–water partition coefficient (Wildman–Crippen LogP) is 4.67. The normalized spacial score (nSPS) is 12.7. The summed E-state index contributed by atoms with van der Waals surface area (Å²) < 4.78 is 2.91. The quantitative estimate of drug-likeness (QED) is 0.821. The van der Waals surface area contributed by atoms with E-state index in [2.05, 4.69) is 40.2 Å². The van der Waals surface area contributed by atoms with Crippen LogP contribution in [0.2, 0.25) is 10.0 Å². The van der Waals surface area contributed by atoms with E-state index in [4.69, 9.17) is 23.2 Å². The van der Waals surface area contributed by atoms with Gasteiger partial charge in [0.1, 0.15) is 0 Å². The number of hydrogen-bond acceptors (Lipinski definition) is 2. The highest BCUT2D eigenvalue weighted by atomic mass is 79.9. The van der Waals surface area contributed by atoms with Crippen molar-refractivity contribution in [2.75, 3.05) is 6.54 Å². The van der Waals surface area contributed by atoms with Crippen molar-refractivity contribution >= 4 is 39.1 Å². The summed E-state index contributed by atoms with van der Waals surface area (Å²) in [6.07, 6.45) is 1.81. The number of benzene rings is 1. The second-order valence-corrected chi connectivity index (χ2v) is 5.97. The van der Waals surface area contributed by atoms with E-state index in [0.29, 0.717) is 10.0 Å². The zero-order valence-corrected chi connectivity index (χ0v) is 14.4. The van der Waals surface area contributed by atoms with Crippen LogP contribution in [0.15, 0.2) is 28.9 Å². The molecular weight excluding hydrogens is 361 g/mol. The van der Waals surface area contributed by atoms with Gasteiger partial charge >= 0.3 is 0 Å². The summed E-state index contributed by atoms with van der Waals surface area (Å²) in [4.78, 5) is 0. The van der Waals surface area contributed by atoms with Crippen LogP contribution in [-0.2, 0) is 6.54 Å². The fourth-order valence-electron chi connectivity index (χ4n) is 2.21. The number of nitrogens with zero attached hydrogens (tertiary/aromatic N) is 2. The third-order valence-electron chi connectivity index (χ3n) is 3.11. The maximum absolute atomic E-state index is 6.37. The fraction of sp³-hybridized carbons (Fsp3) is 0.357. The molecule has 0 bridgehead atoms. The van der Waals surface area contributed by atoms with Crippen LogP contribution < -0.4 is 5.32 Å². The molecule has 0 radical (unpaired) electrons. The highest BCUT2D eigenvalue weighted by molar-refractivity contribution is 9.10. The van der Waals surface area contributed by atoms with Crippen LogP contribution in [-0.4, -0.2) is 16.3 Å². The van der Waals surface area contributed by atoms with Crippen LogP contribution in [0.1, 0.15) is 31.1 Å². The smallest absolute Gasteiger partial charge is 0.0774 e. The fourth-order valence-corrected chi connectivity index (χ4v) is 3.15. The molecule has 1 aromatic carbocycles. The molecule has 0 aliphatic rings. The van der Waals surface area contributed by atoms with E-state index in [1.807, 2.05) is 23.0 Å². The van der Waals surface area contributed by atoms with Gasteiger partial charge in [0.2, 0.25) is 0 Å². The molecule has 0 spiro atoms. The summed E-state index contributed by atoms with van der Waals surface area (Å²) >= 11 is 16.1. The minimum atomic E-state index is -0.0528. The second-order valence-electron chi connectivity index (χ2n) is 4.33. The molecule has 1 heterocycles. The lowest BCUT2D eigenvalue weighted by Gasteiger charge is -2.21. The Kier molecular flexibility index (Phi) is 5.49. The molecule has 0 aliphatic carbocycles. The molecule has 0 aliphatic heterocycles. The van der Waals surface area contributed by atoms with Crippen molar-refractivity contribution < 1.29 is 0 Å². The van der Waals surface area contributed by atoms with E-state index in [9.17, 15) is 0 Å². The zero-order valence-electron chi connectivity index (χ0n) is 11.3. The maximum atomic E-state index is 6.37. The summed E-state index contributed by atoms with van der Waals surface area (Å²) in [6, 6.07) is 5.64. The van der Waals surface area contributed by atoms with E-state index < -0.39 is 0 Å². The van der Waals surface area contributed by atoms with Gasteiger partial charge in [-0.15, -0.1) is 0 Å². The number of aryl methyl sites for hydroxylation is 1. The van der Waals surface area contributed by atoms with Gasteiger partial charge in [-0.05, 0) is 41.0 Å². The van der Waals surface area contributed by atoms with Crippen molar-refractivity contribution in [1.29, 1.82) is 0 Å². The van der Waals surface area contributed by atoms with E-state index >= 15 is 0 Å². The highest BCUT2D eigenvalue weighted by Gasteiger charge is 2.23. The predicted molar refractivity (Wildman–Crippen MR) is 87.6 cm³/mol. The summed E-state index contributed by atoms with van der Waals surface area (Å²) in [6.45, 7) is 5.73. The third-order valence-corrected chi connectivity index (χ3v) is 4.55. The first-order valence-electron chi connectivity index (χ1n) is 6.48. The van der Waals surface area contributed by atoms with Crippen LogP contribution in [0.25, 0.3) is 0 Å². The molecule has 0 amide bonds. The topological polar surface area (TPSA) is 29.9 Å². The Morgan fingerprint density at radius 3 is 2.75 bits per heavy atom. The molecule has 1 aromatic heterocycles. The molecule has 0 fully saturated rings. The first kappa shape index (κ1) is 15.8. The molecule has 6 heteroatoms. The van der Waals surface area contributed by atoms with Crippen molar-refractivity contribution in [3.05, 3.63) is 50.2 Å². The minimum absolute atomic E-state index is 0.0528. The Balaban J connectivity index is 2.56. The number of aromatic nitrogens is 2. The SMILES string of the molecule is CCNC(c1cccc(Cl)c1Cl)c1c(Br)cnn1CC. The molecule has 1 unspecified atom stereocenters. The first-order valence-corrected chi connectivity index (χ1v) is 8.03. The van der Waals surface area contributed by atoms with Gasteiger partial charge in [0, 0.05) is 6.54 Å². The molecule has 1 N–H and O–H groups in total. The molecule has 20 heavy (non-hydrogen) atoms. The van der Waals surface area contributed by atoms with Crippen LogP contribution >= 0.6 is 39.1 Å². The maximum Gasteiger partial charge on any atom is 0.0774 e. The Hall–Kier alpha value is -0.550. The Morgan fingerprint density at radius 1 is 1.35 bits per heavy atom. The van der Waals surface area contributed by atoms with Gasteiger partial charge in [-0.1, -0.05) is 42.3 Å². The lowest BCUT2D eigenvalue weighted by atomic mass is 10.0. The van der Waals surface area contributed by atoms with Crippen LogP contribution in [0.4, 0.5) is 0 Å². The van der Waals surface area contributed by atoms with Crippen LogP contribution in [0.5, 0.6) is 0 Å². The number of rotatable bonds is 5.